The molecule has 4 rings (SSSR count). The molecular weight excluding hydrogens is 426 g/mol. The molecule has 0 bridgehead atoms. The van der Waals surface area contributed by atoms with Gasteiger partial charge in [0.2, 0.25) is 5.91 Å². The van der Waals surface area contributed by atoms with E-state index < -0.39 is 0 Å². The van der Waals surface area contributed by atoms with Gasteiger partial charge >= 0.3 is 0 Å². The summed E-state index contributed by atoms with van der Waals surface area (Å²) < 4.78 is 1.82. The molecule has 1 amide bonds. The summed E-state index contributed by atoms with van der Waals surface area (Å²) in [6, 6.07) is 15.3. The first kappa shape index (κ1) is 21.7. The van der Waals surface area contributed by atoms with Crippen molar-refractivity contribution in [2.75, 3.05) is 16.8 Å². The number of hydrogen-bond donors (Lipinski definition) is 1. The normalized spacial score (nSPS) is 14.1. The summed E-state index contributed by atoms with van der Waals surface area (Å²) in [5.74, 6) is 0.853. The highest BCUT2D eigenvalue weighted by molar-refractivity contribution is 8.00. The maximum absolute atomic E-state index is 13.2. The highest BCUT2D eigenvalue weighted by Gasteiger charge is 2.23. The largest absolute Gasteiger partial charge is 0.324 e. The van der Waals surface area contributed by atoms with E-state index in [1.165, 1.54) is 11.8 Å². The molecule has 2 aromatic carbocycles. The van der Waals surface area contributed by atoms with Gasteiger partial charge in [-0.05, 0) is 37.1 Å². The van der Waals surface area contributed by atoms with Crippen molar-refractivity contribution < 1.29 is 4.79 Å². The number of nitrogens with one attached hydrogen (secondary N) is 1. The molecule has 1 aliphatic carbocycles. The van der Waals surface area contributed by atoms with Crippen molar-refractivity contribution in [3.63, 3.8) is 0 Å². The van der Waals surface area contributed by atoms with Gasteiger partial charge in [0.25, 0.3) is 5.56 Å². The first-order valence-corrected chi connectivity index (χ1v) is 12.4. The van der Waals surface area contributed by atoms with Crippen LogP contribution in [0.2, 0.25) is 0 Å². The zero-order valence-electron chi connectivity index (χ0n) is 17.3. The third kappa shape index (κ3) is 5.05. The topological polar surface area (TPSA) is 64.0 Å². The summed E-state index contributed by atoms with van der Waals surface area (Å²) >= 11 is 2.96. The molecular formula is C24H25N3O2S2. The van der Waals surface area contributed by atoms with Crippen LogP contribution in [0.5, 0.6) is 0 Å². The van der Waals surface area contributed by atoms with Gasteiger partial charge in [0.05, 0.1) is 22.3 Å². The van der Waals surface area contributed by atoms with Crippen LogP contribution in [0.3, 0.4) is 0 Å². The lowest BCUT2D eigenvalue weighted by atomic mass is 10.2. The molecule has 7 heteroatoms. The van der Waals surface area contributed by atoms with E-state index in [0.29, 0.717) is 16.1 Å². The fourth-order valence-corrected chi connectivity index (χ4v) is 5.49. The van der Waals surface area contributed by atoms with E-state index in [2.05, 4.69) is 11.9 Å². The summed E-state index contributed by atoms with van der Waals surface area (Å²) in [5.41, 5.74) is 1.46. The van der Waals surface area contributed by atoms with E-state index in [1.807, 2.05) is 59.2 Å². The molecule has 1 fully saturated rings. The summed E-state index contributed by atoms with van der Waals surface area (Å²) in [6.45, 7) is 3.75. The van der Waals surface area contributed by atoms with Crippen molar-refractivity contribution in [2.45, 2.75) is 41.8 Å². The number of aromatic nitrogens is 2. The predicted molar refractivity (Wildman–Crippen MR) is 130 cm³/mol. The van der Waals surface area contributed by atoms with E-state index in [1.54, 1.807) is 11.8 Å². The van der Waals surface area contributed by atoms with Crippen LogP contribution in [0.25, 0.3) is 10.9 Å². The number of benzene rings is 2. The van der Waals surface area contributed by atoms with Crippen LogP contribution in [-0.4, -0.2) is 27.0 Å². The van der Waals surface area contributed by atoms with E-state index in [0.717, 1.165) is 42.0 Å². The second-order valence-corrected chi connectivity index (χ2v) is 9.46. The van der Waals surface area contributed by atoms with Crippen LogP contribution < -0.4 is 10.9 Å². The number of rotatable bonds is 8. The van der Waals surface area contributed by atoms with Gasteiger partial charge in [-0.3, -0.25) is 14.2 Å². The Balaban J connectivity index is 1.55. The van der Waals surface area contributed by atoms with Gasteiger partial charge in [-0.1, -0.05) is 54.9 Å². The van der Waals surface area contributed by atoms with Crippen LogP contribution >= 0.6 is 23.5 Å². The fraction of sp³-hybridized carbons (Fsp3) is 0.292. The van der Waals surface area contributed by atoms with E-state index in [-0.39, 0.29) is 23.3 Å². The number of para-hydroxylation sites is 2. The Kier molecular flexibility index (Phi) is 7.14. The summed E-state index contributed by atoms with van der Waals surface area (Å²) in [5, 5.41) is 4.26. The number of hydrogen-bond acceptors (Lipinski definition) is 5. The minimum absolute atomic E-state index is 0.00780. The molecule has 5 nitrogen and oxygen atoms in total. The van der Waals surface area contributed by atoms with Crippen molar-refractivity contribution in [2.24, 2.45) is 0 Å². The van der Waals surface area contributed by atoms with Gasteiger partial charge in [-0.25, -0.2) is 4.98 Å². The minimum Gasteiger partial charge on any atom is -0.324 e. The molecule has 1 aliphatic rings. The van der Waals surface area contributed by atoms with Crippen LogP contribution in [-0.2, 0) is 4.79 Å². The number of carbonyl (C=O) groups is 1. The van der Waals surface area contributed by atoms with Gasteiger partial charge in [-0.2, -0.15) is 0 Å². The summed E-state index contributed by atoms with van der Waals surface area (Å²) in [6.07, 6.45) is 6.04. The Labute approximate surface area is 190 Å². The average molecular weight is 452 g/mol. The lowest BCUT2D eigenvalue weighted by Crippen LogP contribution is -2.27. The Morgan fingerprint density at radius 2 is 1.87 bits per heavy atom. The second-order valence-electron chi connectivity index (χ2n) is 7.46. The van der Waals surface area contributed by atoms with Crippen molar-refractivity contribution in [3.05, 3.63) is 71.5 Å². The van der Waals surface area contributed by atoms with Gasteiger partial charge < -0.3 is 5.32 Å². The summed E-state index contributed by atoms with van der Waals surface area (Å²) in [4.78, 5) is 31.7. The molecule has 0 aliphatic heterocycles. The van der Waals surface area contributed by atoms with E-state index >= 15 is 0 Å². The number of fused-ring (bicyclic) bond motifs is 1. The Morgan fingerprint density at radius 3 is 2.68 bits per heavy atom. The zero-order chi connectivity index (χ0) is 21.6. The minimum atomic E-state index is -0.114. The molecule has 1 aromatic heterocycles. The van der Waals surface area contributed by atoms with Gasteiger partial charge in [0.1, 0.15) is 0 Å². The molecule has 1 heterocycles. The first-order chi connectivity index (χ1) is 15.2. The Bertz CT molecular complexity index is 1150. The highest BCUT2D eigenvalue weighted by atomic mass is 32.2. The van der Waals surface area contributed by atoms with Crippen LogP contribution in [0.4, 0.5) is 5.69 Å². The number of carbonyl (C=O) groups excluding carboxylic acids is 1. The highest BCUT2D eigenvalue weighted by Crippen LogP contribution is 2.32. The molecule has 160 valence electrons. The molecule has 0 spiro atoms. The third-order valence-electron chi connectivity index (χ3n) is 5.32. The molecule has 0 atom stereocenters. The Hall–Kier alpha value is -2.51. The van der Waals surface area contributed by atoms with Crippen molar-refractivity contribution in [3.8, 4) is 0 Å². The van der Waals surface area contributed by atoms with Crippen molar-refractivity contribution >= 4 is 46.0 Å². The van der Waals surface area contributed by atoms with Crippen LogP contribution in [0.15, 0.2) is 76.0 Å². The lowest BCUT2D eigenvalue weighted by Gasteiger charge is -2.18. The summed E-state index contributed by atoms with van der Waals surface area (Å²) in [7, 11) is 0. The monoisotopic (exact) mass is 451 g/mol. The Morgan fingerprint density at radius 1 is 1.13 bits per heavy atom. The van der Waals surface area contributed by atoms with Crippen LogP contribution in [0, 0.1) is 0 Å². The molecule has 1 saturated carbocycles. The van der Waals surface area contributed by atoms with Gasteiger partial charge in [0, 0.05) is 16.7 Å². The number of nitrogens with zero attached hydrogens (tertiary/aromatic N) is 2. The molecule has 0 radical (unpaired) electrons. The van der Waals surface area contributed by atoms with Crippen molar-refractivity contribution in [1.29, 1.82) is 0 Å². The SMILES string of the molecule is C=CCSc1ccccc1NC(=O)CSc1nc2ccccc2c(=O)n1C1CCCC1. The number of thioether (sulfide) groups is 2. The first-order valence-electron chi connectivity index (χ1n) is 10.4. The maximum atomic E-state index is 13.2. The molecule has 0 saturated heterocycles. The molecule has 31 heavy (non-hydrogen) atoms. The molecule has 0 unspecified atom stereocenters. The van der Waals surface area contributed by atoms with Crippen LogP contribution in [0.1, 0.15) is 31.7 Å². The van der Waals surface area contributed by atoms with Crippen molar-refractivity contribution in [1.82, 2.24) is 9.55 Å². The third-order valence-corrected chi connectivity index (χ3v) is 7.34. The van der Waals surface area contributed by atoms with Gasteiger partial charge in [0.15, 0.2) is 5.16 Å². The van der Waals surface area contributed by atoms with E-state index in [4.69, 9.17) is 4.98 Å². The quantitative estimate of drug-likeness (QED) is 0.277. The number of amides is 1. The molecule has 1 N–H and O–H groups in total. The maximum Gasteiger partial charge on any atom is 0.262 e. The lowest BCUT2D eigenvalue weighted by molar-refractivity contribution is -0.113. The smallest absolute Gasteiger partial charge is 0.262 e. The fourth-order valence-electron chi connectivity index (χ4n) is 3.87. The number of anilines is 1. The average Bonchev–Trinajstić information content (AvgIpc) is 3.31. The molecule has 3 aromatic rings. The van der Waals surface area contributed by atoms with Gasteiger partial charge in [-0.15, -0.1) is 18.3 Å². The zero-order valence-corrected chi connectivity index (χ0v) is 18.9. The second kappa shape index (κ2) is 10.2. The standard InChI is InChI=1S/C24H25N3O2S2/c1-2-15-30-21-14-8-7-13-20(21)25-22(28)16-31-24-26-19-12-6-5-11-18(19)23(29)27(24)17-9-3-4-10-17/h2,5-8,11-14,17H,1,3-4,9-10,15-16H2,(H,25,28). The van der Waals surface area contributed by atoms with E-state index in [9.17, 15) is 9.59 Å². The predicted octanol–water partition coefficient (Wildman–Crippen LogP) is 5.52.